The van der Waals surface area contributed by atoms with E-state index < -0.39 is 23.3 Å². The molecule has 0 radical (unpaired) electrons. The summed E-state index contributed by atoms with van der Waals surface area (Å²) in [6.07, 6.45) is -1.44. The van der Waals surface area contributed by atoms with Crippen molar-refractivity contribution in [2.24, 2.45) is 0 Å². The summed E-state index contributed by atoms with van der Waals surface area (Å²) in [5.41, 5.74) is -0.572. The molecular weight excluding hydrogens is 347 g/mol. The number of nitrogens with one attached hydrogen (secondary N) is 2. The molecule has 0 atom stereocenters. The van der Waals surface area contributed by atoms with Crippen LogP contribution in [0.5, 0.6) is 0 Å². The first-order chi connectivity index (χ1) is 12.2. The third-order valence-corrected chi connectivity index (χ3v) is 3.66. The van der Waals surface area contributed by atoms with Gasteiger partial charge in [-0.15, -0.1) is 0 Å². The molecule has 2 aromatic heterocycles. The van der Waals surface area contributed by atoms with Crippen LogP contribution in [0, 0.1) is 0 Å². The summed E-state index contributed by atoms with van der Waals surface area (Å²) in [6, 6.07) is 4.96. The minimum atomic E-state index is -4.68. The predicted molar refractivity (Wildman–Crippen MR) is 92.2 cm³/mol. The van der Waals surface area contributed by atoms with Crippen LogP contribution >= 0.6 is 0 Å². The molecule has 0 saturated heterocycles. The number of alkyl halides is 3. The van der Waals surface area contributed by atoms with Gasteiger partial charge < -0.3 is 10.3 Å². The van der Waals surface area contributed by atoms with E-state index in [1.54, 1.807) is 17.1 Å². The molecule has 0 aliphatic rings. The lowest BCUT2D eigenvalue weighted by Crippen LogP contribution is -2.25. The van der Waals surface area contributed by atoms with Crippen LogP contribution < -0.4 is 10.9 Å². The number of rotatable bonds is 6. The molecule has 1 amide bonds. The van der Waals surface area contributed by atoms with E-state index >= 15 is 0 Å². The topological polar surface area (TPSA) is 74.8 Å². The van der Waals surface area contributed by atoms with E-state index in [4.69, 9.17) is 0 Å². The number of aromatic amines is 1. The van der Waals surface area contributed by atoms with Gasteiger partial charge in [-0.2, -0.15) is 13.2 Å². The zero-order chi connectivity index (χ0) is 19.3. The largest absolute Gasteiger partial charge is 0.431 e. The molecule has 0 aliphatic heterocycles. The van der Waals surface area contributed by atoms with E-state index in [2.05, 4.69) is 10.3 Å². The summed E-state index contributed by atoms with van der Waals surface area (Å²) in [5.74, 6) is -0.768. The second-order valence-corrected chi connectivity index (χ2v) is 5.91. The maximum absolute atomic E-state index is 12.6. The average Bonchev–Trinajstić information content (AvgIpc) is 2.54. The molecule has 0 aromatic carbocycles. The van der Waals surface area contributed by atoms with Crippen molar-refractivity contribution in [2.75, 3.05) is 5.32 Å². The molecule has 0 saturated carbocycles. The third kappa shape index (κ3) is 4.93. The van der Waals surface area contributed by atoms with E-state index in [9.17, 15) is 22.8 Å². The fourth-order valence-corrected chi connectivity index (χ4v) is 2.51. The standard InChI is InChI=1S/C18H20F3N3O2/c1-3-5-11-9-13(10-12(22-11)6-4-2)23-16(25)14-7-8-15(18(19,20)21)24-17(14)26/h7-10H,3-6H2,1-2H3,(H,24,26)(H,22,23,25). The zero-order valence-corrected chi connectivity index (χ0v) is 14.5. The van der Waals surface area contributed by atoms with Gasteiger partial charge in [-0.1, -0.05) is 26.7 Å². The van der Waals surface area contributed by atoms with Crippen LogP contribution in [-0.2, 0) is 19.0 Å². The average molecular weight is 367 g/mol. The molecular formula is C18H20F3N3O2. The van der Waals surface area contributed by atoms with Crippen molar-refractivity contribution in [3.8, 4) is 0 Å². The monoisotopic (exact) mass is 367 g/mol. The summed E-state index contributed by atoms with van der Waals surface area (Å²) in [7, 11) is 0. The maximum Gasteiger partial charge on any atom is 0.431 e. The van der Waals surface area contributed by atoms with Crippen LogP contribution in [-0.4, -0.2) is 15.9 Å². The summed E-state index contributed by atoms with van der Waals surface area (Å²) >= 11 is 0. The van der Waals surface area contributed by atoms with E-state index in [-0.39, 0.29) is 5.56 Å². The van der Waals surface area contributed by atoms with Crippen LogP contribution in [0.1, 0.15) is 54.1 Å². The highest BCUT2D eigenvalue weighted by atomic mass is 19.4. The second kappa shape index (κ2) is 8.16. The van der Waals surface area contributed by atoms with Crippen molar-refractivity contribution in [1.82, 2.24) is 9.97 Å². The molecule has 0 unspecified atom stereocenters. The zero-order valence-electron chi connectivity index (χ0n) is 14.5. The van der Waals surface area contributed by atoms with Crippen molar-refractivity contribution in [3.63, 3.8) is 0 Å². The van der Waals surface area contributed by atoms with Gasteiger partial charge in [-0.05, 0) is 37.1 Å². The Kier molecular flexibility index (Phi) is 6.18. The van der Waals surface area contributed by atoms with E-state index in [0.29, 0.717) is 11.8 Å². The Balaban J connectivity index is 2.28. The van der Waals surface area contributed by atoms with Gasteiger partial charge >= 0.3 is 6.18 Å². The molecule has 2 N–H and O–H groups in total. The summed E-state index contributed by atoms with van der Waals surface area (Å²) in [5, 5.41) is 2.57. The fraction of sp³-hybridized carbons (Fsp3) is 0.389. The number of pyridine rings is 2. The third-order valence-electron chi connectivity index (χ3n) is 3.66. The molecule has 0 fully saturated rings. The van der Waals surface area contributed by atoms with Gasteiger partial charge in [0.05, 0.1) is 0 Å². The lowest BCUT2D eigenvalue weighted by atomic mass is 10.1. The van der Waals surface area contributed by atoms with E-state index in [1.807, 2.05) is 13.8 Å². The van der Waals surface area contributed by atoms with Gasteiger partial charge in [0.1, 0.15) is 11.3 Å². The first kappa shape index (κ1) is 19.7. The molecule has 0 aliphatic carbocycles. The van der Waals surface area contributed by atoms with Crippen molar-refractivity contribution >= 4 is 11.6 Å². The molecule has 140 valence electrons. The van der Waals surface area contributed by atoms with E-state index in [0.717, 1.165) is 43.1 Å². The van der Waals surface area contributed by atoms with Crippen molar-refractivity contribution < 1.29 is 18.0 Å². The highest BCUT2D eigenvalue weighted by Gasteiger charge is 2.32. The highest BCUT2D eigenvalue weighted by Crippen LogP contribution is 2.26. The lowest BCUT2D eigenvalue weighted by Gasteiger charge is -2.10. The fourth-order valence-electron chi connectivity index (χ4n) is 2.51. The first-order valence-electron chi connectivity index (χ1n) is 8.36. The molecule has 5 nitrogen and oxygen atoms in total. The summed E-state index contributed by atoms with van der Waals surface area (Å²) in [4.78, 5) is 30.3. The number of carbonyl (C=O) groups excluding carboxylic acids is 1. The minimum absolute atomic E-state index is 0.385. The number of aromatic nitrogens is 2. The van der Waals surface area contributed by atoms with Gasteiger partial charge in [0, 0.05) is 17.1 Å². The first-order valence-corrected chi connectivity index (χ1v) is 8.36. The number of amides is 1. The molecule has 2 rings (SSSR count). The van der Waals surface area contributed by atoms with E-state index in [1.165, 1.54) is 0 Å². The maximum atomic E-state index is 12.6. The number of H-pyrrole nitrogens is 1. The number of aryl methyl sites for hydroxylation is 2. The molecule has 26 heavy (non-hydrogen) atoms. The SMILES string of the molecule is CCCc1cc(NC(=O)c2ccc(C(F)(F)F)[nH]c2=O)cc(CCC)n1. The van der Waals surface area contributed by atoms with Gasteiger partial charge in [-0.3, -0.25) is 14.6 Å². The van der Waals surface area contributed by atoms with Crippen LogP contribution in [0.3, 0.4) is 0 Å². The Hall–Kier alpha value is -2.64. The minimum Gasteiger partial charge on any atom is -0.322 e. The smallest absolute Gasteiger partial charge is 0.322 e. The molecule has 2 heterocycles. The number of nitrogens with zero attached hydrogens (tertiary/aromatic N) is 1. The van der Waals surface area contributed by atoms with Crippen LogP contribution in [0.15, 0.2) is 29.1 Å². The van der Waals surface area contributed by atoms with Gasteiger partial charge in [0.15, 0.2) is 0 Å². The Morgan fingerprint density at radius 1 is 1.12 bits per heavy atom. The predicted octanol–water partition coefficient (Wildman–Crippen LogP) is 3.95. The van der Waals surface area contributed by atoms with Gasteiger partial charge in [0.25, 0.3) is 11.5 Å². The number of anilines is 1. The molecule has 0 spiro atoms. The van der Waals surface area contributed by atoms with Crippen LogP contribution in [0.25, 0.3) is 0 Å². The number of halogens is 3. The Morgan fingerprint density at radius 2 is 1.69 bits per heavy atom. The summed E-state index contributed by atoms with van der Waals surface area (Å²) < 4.78 is 37.8. The normalized spacial score (nSPS) is 11.4. The van der Waals surface area contributed by atoms with Crippen LogP contribution in [0.2, 0.25) is 0 Å². The molecule has 8 heteroatoms. The summed E-state index contributed by atoms with van der Waals surface area (Å²) in [6.45, 7) is 4.02. The molecule has 2 aromatic rings. The Bertz CT molecular complexity index is 820. The lowest BCUT2D eigenvalue weighted by molar-refractivity contribution is -0.141. The molecule has 0 bridgehead atoms. The van der Waals surface area contributed by atoms with Crippen LogP contribution in [0.4, 0.5) is 18.9 Å². The van der Waals surface area contributed by atoms with Gasteiger partial charge in [0.2, 0.25) is 0 Å². The Morgan fingerprint density at radius 3 is 2.15 bits per heavy atom. The number of carbonyl (C=O) groups is 1. The second-order valence-electron chi connectivity index (χ2n) is 5.91. The van der Waals surface area contributed by atoms with Crippen molar-refractivity contribution in [2.45, 2.75) is 45.7 Å². The number of hydrogen-bond donors (Lipinski definition) is 2. The van der Waals surface area contributed by atoms with Gasteiger partial charge in [-0.25, -0.2) is 0 Å². The Labute approximate surface area is 148 Å². The van der Waals surface area contributed by atoms with Crippen molar-refractivity contribution in [3.05, 3.63) is 57.3 Å². The quantitative estimate of drug-likeness (QED) is 0.812. The van der Waals surface area contributed by atoms with Crippen molar-refractivity contribution in [1.29, 1.82) is 0 Å². The highest BCUT2D eigenvalue weighted by molar-refractivity contribution is 6.04. The number of hydrogen-bond acceptors (Lipinski definition) is 3.